The molecule has 0 bridgehead atoms. The van der Waals surface area contributed by atoms with E-state index in [9.17, 15) is 9.59 Å². The van der Waals surface area contributed by atoms with Crippen LogP contribution in [0.4, 0.5) is 0 Å². The van der Waals surface area contributed by atoms with Gasteiger partial charge in [-0.2, -0.15) is 5.10 Å². The Bertz CT molecular complexity index is 565. The molecule has 90 valence electrons. The molecule has 1 amide bonds. The number of aryl methyl sites for hydroxylation is 1. The van der Waals surface area contributed by atoms with Gasteiger partial charge in [-0.3, -0.25) is 9.48 Å². The molecule has 0 radical (unpaired) electrons. The van der Waals surface area contributed by atoms with Crippen LogP contribution in [-0.4, -0.2) is 32.2 Å². The number of nitrogens with zero attached hydrogens (tertiary/aromatic N) is 2. The molecule has 0 aliphatic carbocycles. The molecule has 0 unspecified atom stereocenters. The lowest BCUT2D eigenvalue weighted by atomic mass is 10.3. The average Bonchev–Trinajstić information content (AvgIpc) is 2.88. The topological polar surface area (TPSA) is 95.6 Å². The molecule has 17 heavy (non-hydrogen) atoms. The molecule has 0 aliphatic rings. The zero-order chi connectivity index (χ0) is 12.3. The van der Waals surface area contributed by atoms with E-state index in [1.54, 1.807) is 10.9 Å². The zero-order valence-corrected chi connectivity index (χ0v) is 9.36. The van der Waals surface area contributed by atoms with Crippen molar-refractivity contribution in [2.45, 2.75) is 6.42 Å². The third kappa shape index (κ3) is 2.63. The molecule has 0 spiro atoms. The normalized spacial score (nSPS) is 10.4. The Hall–Kier alpha value is -2.31. The first kappa shape index (κ1) is 11.2. The van der Waals surface area contributed by atoms with Crippen LogP contribution in [0.3, 0.4) is 0 Å². The summed E-state index contributed by atoms with van der Waals surface area (Å²) in [5, 5.41) is 6.73. The lowest BCUT2D eigenvalue weighted by molar-refractivity contribution is 0.0949. The minimum atomic E-state index is -0.387. The van der Waals surface area contributed by atoms with Gasteiger partial charge in [-0.25, -0.2) is 4.79 Å². The van der Waals surface area contributed by atoms with Gasteiger partial charge < -0.3 is 15.3 Å². The van der Waals surface area contributed by atoms with Gasteiger partial charge in [-0.15, -0.1) is 0 Å². The van der Waals surface area contributed by atoms with E-state index in [4.69, 9.17) is 0 Å². The van der Waals surface area contributed by atoms with Crippen LogP contribution in [-0.2, 0) is 13.5 Å². The van der Waals surface area contributed by atoms with Crippen LogP contribution in [0.25, 0.3) is 0 Å². The number of hydrogen-bond acceptors (Lipinski definition) is 3. The summed E-state index contributed by atoms with van der Waals surface area (Å²) in [4.78, 5) is 27.1. The number of rotatable bonds is 4. The zero-order valence-electron chi connectivity index (χ0n) is 9.36. The molecule has 2 heterocycles. The van der Waals surface area contributed by atoms with E-state index >= 15 is 0 Å². The molecule has 7 nitrogen and oxygen atoms in total. The first-order valence-corrected chi connectivity index (χ1v) is 5.19. The predicted molar refractivity (Wildman–Crippen MR) is 60.7 cm³/mol. The maximum absolute atomic E-state index is 11.5. The average molecular weight is 235 g/mol. The highest BCUT2D eigenvalue weighted by Crippen LogP contribution is 1.96. The molecule has 2 aromatic heterocycles. The van der Waals surface area contributed by atoms with Crippen molar-refractivity contribution in [1.82, 2.24) is 25.1 Å². The quantitative estimate of drug-likeness (QED) is 0.661. The van der Waals surface area contributed by atoms with Crippen LogP contribution in [0.15, 0.2) is 23.3 Å². The lowest BCUT2D eigenvalue weighted by Gasteiger charge is -2.03. The summed E-state index contributed by atoms with van der Waals surface area (Å²) in [6.45, 7) is 0.492. The van der Waals surface area contributed by atoms with Crippen molar-refractivity contribution in [3.63, 3.8) is 0 Å². The SMILES string of the molecule is Cn1nccc1CCNC(=O)c1c[nH]c(=O)[nH]1. The Labute approximate surface area is 96.9 Å². The van der Waals surface area contributed by atoms with Gasteiger partial charge in [-0.1, -0.05) is 0 Å². The van der Waals surface area contributed by atoms with Crippen molar-refractivity contribution < 1.29 is 4.79 Å². The van der Waals surface area contributed by atoms with E-state index in [2.05, 4.69) is 20.4 Å². The summed E-state index contributed by atoms with van der Waals surface area (Å²) in [5.41, 5.74) is 0.884. The van der Waals surface area contributed by atoms with E-state index in [-0.39, 0.29) is 17.3 Å². The third-order valence-corrected chi connectivity index (χ3v) is 2.43. The maximum atomic E-state index is 11.5. The third-order valence-electron chi connectivity index (χ3n) is 2.43. The highest BCUT2D eigenvalue weighted by atomic mass is 16.2. The molecule has 2 rings (SSSR count). The predicted octanol–water partition coefficient (Wildman–Crippen LogP) is -0.591. The van der Waals surface area contributed by atoms with Crippen molar-refractivity contribution in [2.75, 3.05) is 6.54 Å². The van der Waals surface area contributed by atoms with Gasteiger partial charge in [0, 0.05) is 38.1 Å². The molecular formula is C10H13N5O2. The highest BCUT2D eigenvalue weighted by Gasteiger charge is 2.07. The summed E-state index contributed by atoms with van der Waals surface area (Å²) < 4.78 is 1.75. The van der Waals surface area contributed by atoms with Gasteiger partial charge in [0.15, 0.2) is 0 Å². The number of aromatic nitrogens is 4. The van der Waals surface area contributed by atoms with Gasteiger partial charge in [-0.05, 0) is 6.07 Å². The maximum Gasteiger partial charge on any atom is 0.323 e. The Kier molecular flexibility index (Phi) is 3.08. The number of hydrogen-bond donors (Lipinski definition) is 3. The Morgan fingerprint density at radius 2 is 2.41 bits per heavy atom. The number of amides is 1. The van der Waals surface area contributed by atoms with E-state index < -0.39 is 0 Å². The first-order chi connectivity index (χ1) is 8.16. The van der Waals surface area contributed by atoms with E-state index in [1.807, 2.05) is 13.1 Å². The lowest BCUT2D eigenvalue weighted by Crippen LogP contribution is -2.26. The fourth-order valence-electron chi connectivity index (χ4n) is 1.50. The van der Waals surface area contributed by atoms with Gasteiger partial charge in [0.05, 0.1) is 0 Å². The fraction of sp³-hybridized carbons (Fsp3) is 0.300. The minimum absolute atomic E-state index is 0.236. The molecule has 0 saturated heterocycles. The number of carbonyl (C=O) groups is 1. The smallest absolute Gasteiger partial charge is 0.323 e. The molecule has 0 fully saturated rings. The van der Waals surface area contributed by atoms with Crippen LogP contribution in [0.2, 0.25) is 0 Å². The molecule has 3 N–H and O–H groups in total. The van der Waals surface area contributed by atoms with Crippen LogP contribution in [0.5, 0.6) is 0 Å². The van der Waals surface area contributed by atoms with Crippen molar-refractivity contribution >= 4 is 5.91 Å². The fourth-order valence-corrected chi connectivity index (χ4v) is 1.50. The number of carbonyl (C=O) groups excluding carboxylic acids is 1. The summed E-state index contributed by atoms with van der Waals surface area (Å²) in [6, 6.07) is 1.89. The van der Waals surface area contributed by atoms with E-state index in [1.165, 1.54) is 6.20 Å². The highest BCUT2D eigenvalue weighted by molar-refractivity contribution is 5.91. The van der Waals surface area contributed by atoms with Gasteiger partial charge >= 0.3 is 5.69 Å². The second-order valence-electron chi connectivity index (χ2n) is 3.61. The molecule has 0 aliphatic heterocycles. The summed E-state index contributed by atoms with van der Waals surface area (Å²) in [6.07, 6.45) is 3.75. The van der Waals surface area contributed by atoms with Crippen LogP contribution >= 0.6 is 0 Å². The Morgan fingerprint density at radius 1 is 1.59 bits per heavy atom. The number of aromatic amines is 2. The molecule has 0 atom stereocenters. The van der Waals surface area contributed by atoms with Gasteiger partial charge in [0.2, 0.25) is 0 Å². The molecular weight excluding hydrogens is 222 g/mol. The van der Waals surface area contributed by atoms with Crippen LogP contribution in [0, 0.1) is 0 Å². The molecule has 0 saturated carbocycles. The van der Waals surface area contributed by atoms with Gasteiger partial charge in [0.25, 0.3) is 5.91 Å². The van der Waals surface area contributed by atoms with Crippen molar-refractivity contribution in [1.29, 1.82) is 0 Å². The second-order valence-corrected chi connectivity index (χ2v) is 3.61. The van der Waals surface area contributed by atoms with Crippen molar-refractivity contribution in [3.8, 4) is 0 Å². The van der Waals surface area contributed by atoms with Crippen molar-refractivity contribution in [2.24, 2.45) is 7.05 Å². The van der Waals surface area contributed by atoms with E-state index in [0.717, 1.165) is 5.69 Å². The molecule has 2 aromatic rings. The summed E-state index contributed by atoms with van der Waals surface area (Å²) in [7, 11) is 1.85. The van der Waals surface area contributed by atoms with Crippen LogP contribution in [0.1, 0.15) is 16.2 Å². The second kappa shape index (κ2) is 4.69. The first-order valence-electron chi connectivity index (χ1n) is 5.19. The number of H-pyrrole nitrogens is 2. The monoisotopic (exact) mass is 235 g/mol. The standard InChI is InChI=1S/C10H13N5O2/c1-15-7(3-5-13-15)2-4-11-9(16)8-6-12-10(17)14-8/h3,5-6H,2,4H2,1H3,(H,11,16)(H2,12,14,17). The summed E-state index contributed by atoms with van der Waals surface area (Å²) in [5.74, 6) is -0.300. The van der Waals surface area contributed by atoms with Gasteiger partial charge in [0.1, 0.15) is 5.69 Å². The summed E-state index contributed by atoms with van der Waals surface area (Å²) >= 11 is 0. The molecule has 7 heteroatoms. The Balaban J connectivity index is 1.85. The Morgan fingerprint density at radius 3 is 3.00 bits per heavy atom. The number of imidazole rings is 1. The molecule has 0 aromatic carbocycles. The number of nitrogens with one attached hydrogen (secondary N) is 3. The van der Waals surface area contributed by atoms with Crippen LogP contribution < -0.4 is 11.0 Å². The van der Waals surface area contributed by atoms with E-state index in [0.29, 0.717) is 13.0 Å². The minimum Gasteiger partial charge on any atom is -0.350 e. The largest absolute Gasteiger partial charge is 0.350 e. The van der Waals surface area contributed by atoms with Crippen molar-refractivity contribution in [3.05, 3.63) is 40.3 Å².